The minimum Gasteiger partial charge on any atom is -0.497 e. The van der Waals surface area contributed by atoms with E-state index in [0.29, 0.717) is 12.0 Å². The van der Waals surface area contributed by atoms with Crippen molar-refractivity contribution in [2.24, 2.45) is 0 Å². The van der Waals surface area contributed by atoms with E-state index in [9.17, 15) is 4.79 Å². The van der Waals surface area contributed by atoms with Gasteiger partial charge in [0.1, 0.15) is 5.75 Å². The summed E-state index contributed by atoms with van der Waals surface area (Å²) < 4.78 is 18.3. The molecule has 3 rings (SSSR count). The summed E-state index contributed by atoms with van der Waals surface area (Å²) in [6.07, 6.45) is 3.22. The predicted molar refractivity (Wildman–Crippen MR) is 98.6 cm³/mol. The Morgan fingerprint density at radius 3 is 2.38 bits per heavy atom. The van der Waals surface area contributed by atoms with E-state index in [0.717, 1.165) is 11.3 Å². The summed E-state index contributed by atoms with van der Waals surface area (Å²) in [7, 11) is 1.08. The van der Waals surface area contributed by atoms with Crippen LogP contribution in [0.4, 0.5) is 4.79 Å². The molecule has 1 aromatic carbocycles. The lowest BCUT2D eigenvalue weighted by atomic mass is 9.82. The third-order valence-electron chi connectivity index (χ3n) is 4.94. The highest BCUT2D eigenvalue weighted by molar-refractivity contribution is 6.62. The van der Waals surface area contributed by atoms with Gasteiger partial charge in [0.15, 0.2) is 0 Å². The van der Waals surface area contributed by atoms with Crippen molar-refractivity contribution in [3.05, 3.63) is 42.2 Å². The fraction of sp³-hybridized carbons (Fsp3) is 0.444. The number of rotatable bonds is 4. The van der Waals surface area contributed by atoms with Crippen LogP contribution < -0.4 is 15.5 Å². The van der Waals surface area contributed by atoms with E-state index >= 15 is 0 Å². The molecule has 0 aliphatic carbocycles. The second-order valence-corrected chi connectivity index (χ2v) is 7.31. The van der Waals surface area contributed by atoms with Crippen molar-refractivity contribution in [2.75, 3.05) is 7.11 Å². The van der Waals surface area contributed by atoms with Gasteiger partial charge in [0.2, 0.25) is 0 Å². The first-order valence-corrected chi connectivity index (χ1v) is 8.53. The van der Waals surface area contributed by atoms with E-state index in [1.165, 1.54) is 4.68 Å². The van der Waals surface area contributed by atoms with E-state index in [2.05, 4.69) is 10.4 Å². The zero-order valence-corrected chi connectivity index (χ0v) is 15.8. The van der Waals surface area contributed by atoms with E-state index in [1.807, 2.05) is 52.0 Å². The van der Waals surface area contributed by atoms with Crippen LogP contribution >= 0.6 is 0 Å². The Labute approximate surface area is 153 Å². The van der Waals surface area contributed by atoms with Crippen molar-refractivity contribution in [1.29, 1.82) is 0 Å². The number of benzene rings is 1. The number of hydrogen-bond acceptors (Lipinski definition) is 5. The van der Waals surface area contributed by atoms with Crippen molar-refractivity contribution in [1.82, 2.24) is 15.1 Å². The normalized spacial score (nSPS) is 18.0. The minimum atomic E-state index is -0.539. The fourth-order valence-corrected chi connectivity index (χ4v) is 2.55. The molecule has 0 saturated carbocycles. The molecule has 1 aromatic heterocycles. The standard InChI is InChI=1S/C18H24BN3O4/c1-17(2)18(3,4)26-19(25-17)14-11-21-22(12-14)16(23)20-10-13-6-8-15(24-5)9-7-13/h6-9,11-12H,10H2,1-5H3,(H,20,23). The predicted octanol–water partition coefficient (Wildman–Crippen LogP) is 1.95. The van der Waals surface area contributed by atoms with Gasteiger partial charge in [-0.1, -0.05) is 12.1 Å². The van der Waals surface area contributed by atoms with Crippen LogP contribution in [-0.4, -0.2) is 41.2 Å². The average molecular weight is 357 g/mol. The number of ether oxygens (including phenoxy) is 1. The maximum atomic E-state index is 12.3. The van der Waals surface area contributed by atoms with E-state index in [-0.39, 0.29) is 6.03 Å². The van der Waals surface area contributed by atoms with Gasteiger partial charge in [0.05, 0.1) is 18.3 Å². The molecule has 1 aliphatic rings. The number of nitrogens with zero attached hydrogens (tertiary/aromatic N) is 2. The molecule has 0 unspecified atom stereocenters. The quantitative estimate of drug-likeness (QED) is 0.847. The van der Waals surface area contributed by atoms with Crippen molar-refractivity contribution < 1.29 is 18.8 Å². The fourth-order valence-electron chi connectivity index (χ4n) is 2.55. The van der Waals surface area contributed by atoms with Gasteiger partial charge < -0.3 is 19.4 Å². The Morgan fingerprint density at radius 2 is 1.81 bits per heavy atom. The van der Waals surface area contributed by atoms with Crippen LogP contribution in [0.15, 0.2) is 36.7 Å². The Morgan fingerprint density at radius 1 is 1.19 bits per heavy atom. The summed E-state index contributed by atoms with van der Waals surface area (Å²) in [6, 6.07) is 7.19. The highest BCUT2D eigenvalue weighted by Crippen LogP contribution is 2.36. The van der Waals surface area contributed by atoms with Crippen LogP contribution in [0.1, 0.15) is 33.3 Å². The molecular weight excluding hydrogens is 333 g/mol. The van der Waals surface area contributed by atoms with Crippen LogP contribution in [0.3, 0.4) is 0 Å². The zero-order valence-electron chi connectivity index (χ0n) is 15.8. The number of methoxy groups -OCH3 is 1. The largest absolute Gasteiger partial charge is 0.498 e. The number of aromatic nitrogens is 2. The molecule has 2 aromatic rings. The Hall–Kier alpha value is -2.32. The van der Waals surface area contributed by atoms with Crippen LogP contribution in [0, 0.1) is 0 Å². The zero-order chi connectivity index (χ0) is 18.9. The minimum absolute atomic E-state index is 0.316. The number of nitrogens with one attached hydrogen (secondary N) is 1. The molecule has 0 bridgehead atoms. The molecule has 26 heavy (non-hydrogen) atoms. The summed E-state index contributed by atoms with van der Waals surface area (Å²) >= 11 is 0. The van der Waals surface area contributed by atoms with E-state index in [4.69, 9.17) is 14.0 Å². The van der Waals surface area contributed by atoms with Crippen LogP contribution in [0.2, 0.25) is 0 Å². The van der Waals surface area contributed by atoms with Gasteiger partial charge in [-0.05, 0) is 45.4 Å². The third kappa shape index (κ3) is 3.61. The first kappa shape index (κ1) is 18.5. The summed E-state index contributed by atoms with van der Waals surface area (Å²) in [6.45, 7) is 8.34. The summed E-state index contributed by atoms with van der Waals surface area (Å²) in [5.41, 5.74) is 0.813. The summed E-state index contributed by atoms with van der Waals surface area (Å²) in [5, 5.41) is 6.95. The highest BCUT2D eigenvalue weighted by atomic mass is 16.7. The average Bonchev–Trinajstić information content (AvgIpc) is 3.16. The molecule has 8 heteroatoms. The van der Waals surface area contributed by atoms with Gasteiger partial charge in [-0.2, -0.15) is 9.78 Å². The molecule has 2 heterocycles. The summed E-state index contributed by atoms with van der Waals surface area (Å²) in [5.74, 6) is 0.777. The molecule has 1 N–H and O–H groups in total. The van der Waals surface area contributed by atoms with Crippen molar-refractivity contribution in [2.45, 2.75) is 45.4 Å². The summed E-state index contributed by atoms with van der Waals surface area (Å²) in [4.78, 5) is 12.3. The lowest BCUT2D eigenvalue weighted by Gasteiger charge is -2.32. The molecule has 0 atom stereocenters. The lowest BCUT2D eigenvalue weighted by molar-refractivity contribution is 0.00578. The Balaban J connectivity index is 1.61. The monoisotopic (exact) mass is 357 g/mol. The molecule has 1 fully saturated rings. The van der Waals surface area contributed by atoms with Gasteiger partial charge in [-0.25, -0.2) is 4.79 Å². The smallest absolute Gasteiger partial charge is 0.497 e. The van der Waals surface area contributed by atoms with Crippen LogP contribution in [-0.2, 0) is 15.9 Å². The molecule has 1 amide bonds. The van der Waals surface area contributed by atoms with Crippen molar-refractivity contribution in [3.8, 4) is 5.75 Å². The SMILES string of the molecule is COc1ccc(CNC(=O)n2cc(B3OC(C)(C)C(C)(C)O3)cn2)cc1. The van der Waals surface area contributed by atoms with E-state index in [1.54, 1.807) is 19.5 Å². The van der Waals surface area contributed by atoms with E-state index < -0.39 is 18.3 Å². The number of hydrogen-bond donors (Lipinski definition) is 1. The molecule has 0 spiro atoms. The van der Waals surface area contributed by atoms with Gasteiger partial charge in [-0.3, -0.25) is 0 Å². The third-order valence-corrected chi connectivity index (χ3v) is 4.94. The van der Waals surface area contributed by atoms with Gasteiger partial charge in [0.25, 0.3) is 0 Å². The second-order valence-electron chi connectivity index (χ2n) is 7.31. The first-order chi connectivity index (χ1) is 12.2. The van der Waals surface area contributed by atoms with Crippen LogP contribution in [0.25, 0.3) is 0 Å². The van der Waals surface area contributed by atoms with Gasteiger partial charge in [0, 0.05) is 24.4 Å². The maximum Gasteiger partial charge on any atom is 0.498 e. The molecular formula is C18H24BN3O4. The molecule has 1 aliphatic heterocycles. The highest BCUT2D eigenvalue weighted by Gasteiger charge is 2.52. The van der Waals surface area contributed by atoms with Gasteiger partial charge >= 0.3 is 13.1 Å². The van der Waals surface area contributed by atoms with Crippen molar-refractivity contribution >= 4 is 18.6 Å². The number of carbonyl (C=O) groups is 1. The van der Waals surface area contributed by atoms with Crippen molar-refractivity contribution in [3.63, 3.8) is 0 Å². The molecule has 138 valence electrons. The topological polar surface area (TPSA) is 74.6 Å². The Bertz CT molecular complexity index is 770. The van der Waals surface area contributed by atoms with Crippen LogP contribution in [0.5, 0.6) is 5.75 Å². The molecule has 1 saturated heterocycles. The maximum absolute atomic E-state index is 12.3. The second kappa shape index (κ2) is 6.77. The number of amides is 1. The van der Waals surface area contributed by atoms with Gasteiger partial charge in [-0.15, -0.1) is 0 Å². The lowest BCUT2D eigenvalue weighted by Crippen LogP contribution is -2.41. The molecule has 0 radical (unpaired) electrons. The Kier molecular flexibility index (Phi) is 4.81. The number of carbonyl (C=O) groups excluding carboxylic acids is 1. The first-order valence-electron chi connectivity index (χ1n) is 8.53. The molecule has 7 nitrogen and oxygen atoms in total.